The van der Waals surface area contributed by atoms with Crippen LogP contribution in [0.4, 0.5) is 0 Å². The Labute approximate surface area is 172 Å². The highest BCUT2D eigenvalue weighted by molar-refractivity contribution is 5.78. The predicted molar refractivity (Wildman–Crippen MR) is 116 cm³/mol. The number of rotatable bonds is 20. The van der Waals surface area contributed by atoms with Crippen LogP contribution in [0.25, 0.3) is 0 Å². The van der Waals surface area contributed by atoms with Gasteiger partial charge in [-0.15, -0.1) is 0 Å². The molecule has 1 unspecified atom stereocenters. The molecule has 0 aromatic carbocycles. The SMILES string of the molecule is C=CCOC(=O)CC(CCCCC/C=C/CCCCCCCCCC)C(=O)O. The van der Waals surface area contributed by atoms with E-state index in [-0.39, 0.29) is 13.0 Å². The molecular formula is C24H42O4. The first-order chi connectivity index (χ1) is 13.6. The maximum absolute atomic E-state index is 11.5. The van der Waals surface area contributed by atoms with E-state index < -0.39 is 17.9 Å². The largest absolute Gasteiger partial charge is 0.481 e. The fraction of sp³-hybridized carbons (Fsp3) is 0.750. The summed E-state index contributed by atoms with van der Waals surface area (Å²) in [5.74, 6) is -2.02. The second-order valence-electron chi connectivity index (χ2n) is 7.58. The third-order valence-electron chi connectivity index (χ3n) is 4.94. The Morgan fingerprint density at radius 1 is 0.893 bits per heavy atom. The number of aliphatic carboxylic acids is 1. The van der Waals surface area contributed by atoms with Gasteiger partial charge in [0.1, 0.15) is 6.61 Å². The van der Waals surface area contributed by atoms with Gasteiger partial charge in [-0.2, -0.15) is 0 Å². The molecule has 0 amide bonds. The molecule has 162 valence electrons. The lowest BCUT2D eigenvalue weighted by molar-refractivity contribution is -0.151. The number of esters is 1. The summed E-state index contributed by atoms with van der Waals surface area (Å²) in [6.45, 7) is 5.86. The molecule has 28 heavy (non-hydrogen) atoms. The molecular weight excluding hydrogens is 352 g/mol. The molecule has 0 fully saturated rings. The number of unbranched alkanes of at least 4 members (excludes halogenated alkanes) is 11. The maximum Gasteiger partial charge on any atom is 0.307 e. The predicted octanol–water partition coefficient (Wildman–Crippen LogP) is 6.84. The van der Waals surface area contributed by atoms with E-state index in [1.807, 2.05) is 0 Å². The van der Waals surface area contributed by atoms with Crippen molar-refractivity contribution in [3.63, 3.8) is 0 Å². The molecule has 0 aromatic heterocycles. The molecule has 0 heterocycles. The van der Waals surface area contributed by atoms with E-state index in [4.69, 9.17) is 4.74 Å². The highest BCUT2D eigenvalue weighted by Crippen LogP contribution is 2.16. The molecule has 1 atom stereocenters. The maximum atomic E-state index is 11.5. The van der Waals surface area contributed by atoms with Crippen LogP contribution in [0.5, 0.6) is 0 Å². The van der Waals surface area contributed by atoms with Gasteiger partial charge in [-0.25, -0.2) is 0 Å². The summed E-state index contributed by atoms with van der Waals surface area (Å²) < 4.78 is 4.87. The first kappa shape index (κ1) is 26.4. The van der Waals surface area contributed by atoms with Gasteiger partial charge in [-0.1, -0.05) is 89.5 Å². The van der Waals surface area contributed by atoms with E-state index in [1.165, 1.54) is 63.9 Å². The van der Waals surface area contributed by atoms with Crippen molar-refractivity contribution in [3.8, 4) is 0 Å². The minimum absolute atomic E-state index is 0.0539. The van der Waals surface area contributed by atoms with Crippen molar-refractivity contribution in [2.24, 2.45) is 5.92 Å². The second kappa shape index (κ2) is 20.2. The zero-order valence-corrected chi connectivity index (χ0v) is 18.0. The number of hydrogen-bond acceptors (Lipinski definition) is 3. The van der Waals surface area contributed by atoms with Crippen LogP contribution in [0.2, 0.25) is 0 Å². The van der Waals surface area contributed by atoms with Crippen LogP contribution in [-0.4, -0.2) is 23.7 Å². The van der Waals surface area contributed by atoms with Crippen LogP contribution in [-0.2, 0) is 14.3 Å². The fourth-order valence-corrected chi connectivity index (χ4v) is 3.19. The van der Waals surface area contributed by atoms with Crippen molar-refractivity contribution < 1.29 is 19.4 Å². The normalized spacial score (nSPS) is 12.2. The Hall–Kier alpha value is -1.58. The number of carbonyl (C=O) groups excluding carboxylic acids is 1. The molecule has 0 aliphatic heterocycles. The van der Waals surface area contributed by atoms with Gasteiger partial charge >= 0.3 is 11.9 Å². The number of ether oxygens (including phenoxy) is 1. The lowest BCUT2D eigenvalue weighted by atomic mass is 9.97. The summed E-state index contributed by atoms with van der Waals surface area (Å²) in [5.41, 5.74) is 0. The standard InChI is InChI=1S/C24H42O4/c1-3-5-6-7-8-9-10-11-12-13-14-15-16-17-18-19-22(24(26)27)21-23(25)28-20-4-2/h4,13-14,22H,2-3,5-12,15-21H2,1H3,(H,26,27)/b14-13+. The molecule has 0 aliphatic carbocycles. The Bertz CT molecular complexity index is 428. The topological polar surface area (TPSA) is 63.6 Å². The van der Waals surface area contributed by atoms with Gasteiger partial charge in [0.2, 0.25) is 0 Å². The van der Waals surface area contributed by atoms with E-state index in [0.29, 0.717) is 6.42 Å². The molecule has 0 saturated carbocycles. The van der Waals surface area contributed by atoms with Gasteiger partial charge < -0.3 is 9.84 Å². The average molecular weight is 395 g/mol. The lowest BCUT2D eigenvalue weighted by Gasteiger charge is -2.11. The van der Waals surface area contributed by atoms with Crippen molar-refractivity contribution in [2.75, 3.05) is 6.61 Å². The molecule has 0 rings (SSSR count). The van der Waals surface area contributed by atoms with Gasteiger partial charge in [-0.3, -0.25) is 9.59 Å². The summed E-state index contributed by atoms with van der Waals surface area (Å²) in [6, 6.07) is 0. The van der Waals surface area contributed by atoms with Crippen LogP contribution in [0, 0.1) is 5.92 Å². The second-order valence-corrected chi connectivity index (χ2v) is 7.58. The summed E-state index contributed by atoms with van der Waals surface area (Å²) >= 11 is 0. The van der Waals surface area contributed by atoms with E-state index >= 15 is 0 Å². The van der Waals surface area contributed by atoms with Crippen LogP contribution < -0.4 is 0 Å². The van der Waals surface area contributed by atoms with Crippen molar-refractivity contribution in [2.45, 2.75) is 103 Å². The molecule has 0 bridgehead atoms. The van der Waals surface area contributed by atoms with Crippen molar-refractivity contribution >= 4 is 11.9 Å². The molecule has 1 N–H and O–H groups in total. The average Bonchev–Trinajstić information content (AvgIpc) is 2.68. The Balaban J connectivity index is 3.57. The fourth-order valence-electron chi connectivity index (χ4n) is 3.19. The number of carboxylic acids is 1. The molecule has 0 radical (unpaired) electrons. The van der Waals surface area contributed by atoms with Crippen LogP contribution >= 0.6 is 0 Å². The summed E-state index contributed by atoms with van der Waals surface area (Å²) in [4.78, 5) is 22.8. The van der Waals surface area contributed by atoms with Crippen LogP contribution in [0.1, 0.15) is 103 Å². The summed E-state index contributed by atoms with van der Waals surface area (Å²) in [6.07, 6.45) is 22.5. The zero-order valence-electron chi connectivity index (χ0n) is 18.0. The van der Waals surface area contributed by atoms with Crippen molar-refractivity contribution in [3.05, 3.63) is 24.8 Å². The smallest absolute Gasteiger partial charge is 0.307 e. The number of hydrogen-bond donors (Lipinski definition) is 1. The highest BCUT2D eigenvalue weighted by Gasteiger charge is 2.21. The first-order valence-corrected chi connectivity index (χ1v) is 11.3. The van der Waals surface area contributed by atoms with Gasteiger partial charge in [0.05, 0.1) is 12.3 Å². The van der Waals surface area contributed by atoms with Gasteiger partial charge in [0.25, 0.3) is 0 Å². The Kier molecular flexibility index (Phi) is 19.0. The molecule has 4 nitrogen and oxygen atoms in total. The third-order valence-corrected chi connectivity index (χ3v) is 4.94. The zero-order chi connectivity index (χ0) is 20.9. The van der Waals surface area contributed by atoms with Crippen molar-refractivity contribution in [1.82, 2.24) is 0 Å². The van der Waals surface area contributed by atoms with Crippen molar-refractivity contribution in [1.29, 1.82) is 0 Å². The van der Waals surface area contributed by atoms with E-state index in [0.717, 1.165) is 25.7 Å². The third kappa shape index (κ3) is 17.8. The van der Waals surface area contributed by atoms with Gasteiger partial charge in [-0.05, 0) is 32.1 Å². The van der Waals surface area contributed by atoms with Gasteiger partial charge in [0.15, 0.2) is 0 Å². The molecule has 0 aromatic rings. The quantitative estimate of drug-likeness (QED) is 0.139. The number of allylic oxidation sites excluding steroid dienone is 2. The summed E-state index contributed by atoms with van der Waals surface area (Å²) in [5, 5.41) is 9.22. The highest BCUT2D eigenvalue weighted by atomic mass is 16.5. The first-order valence-electron chi connectivity index (χ1n) is 11.3. The number of carboxylic acid groups (broad SMARTS) is 1. The van der Waals surface area contributed by atoms with Crippen LogP contribution in [0.3, 0.4) is 0 Å². The van der Waals surface area contributed by atoms with E-state index in [2.05, 4.69) is 25.7 Å². The monoisotopic (exact) mass is 394 g/mol. The summed E-state index contributed by atoms with van der Waals surface area (Å²) in [7, 11) is 0. The van der Waals surface area contributed by atoms with Gasteiger partial charge in [0, 0.05) is 0 Å². The molecule has 0 spiro atoms. The lowest BCUT2D eigenvalue weighted by Crippen LogP contribution is -2.19. The minimum Gasteiger partial charge on any atom is -0.481 e. The minimum atomic E-state index is -0.916. The Morgan fingerprint density at radius 3 is 1.96 bits per heavy atom. The van der Waals surface area contributed by atoms with E-state index in [9.17, 15) is 14.7 Å². The molecule has 4 heteroatoms. The molecule has 0 saturated heterocycles. The Morgan fingerprint density at radius 2 is 1.43 bits per heavy atom. The van der Waals surface area contributed by atoms with Crippen LogP contribution in [0.15, 0.2) is 24.8 Å². The molecule has 0 aliphatic rings. The number of carbonyl (C=O) groups is 2. The van der Waals surface area contributed by atoms with E-state index in [1.54, 1.807) is 0 Å².